The van der Waals surface area contributed by atoms with Crippen molar-refractivity contribution in [3.63, 3.8) is 0 Å². The maximum Gasteiger partial charge on any atom is 0.338 e. The number of ether oxygens (including phenoxy) is 3. The standard InChI is InChI=1S/C26H32N4O5/c1-17-5-8-19(9-6-17)30-13-11-29(12-14-30)16-20-23(25(31)35-4)24(28-26(32)27-20)18-7-10-21(33-2)22(15-18)34-3/h5-10,15,24H,11-14,16H2,1-4H3,(H2,27,28,32)/t24-/m1/s1. The molecule has 2 aromatic rings. The third-order valence-electron chi connectivity index (χ3n) is 6.45. The number of urea groups is 1. The number of hydrogen-bond donors (Lipinski definition) is 2. The maximum atomic E-state index is 12.9. The van der Waals surface area contributed by atoms with Gasteiger partial charge in [0.1, 0.15) is 0 Å². The first-order valence-corrected chi connectivity index (χ1v) is 11.6. The van der Waals surface area contributed by atoms with Gasteiger partial charge in [0, 0.05) is 44.1 Å². The van der Waals surface area contributed by atoms with Crippen molar-refractivity contribution in [3.05, 3.63) is 64.9 Å². The van der Waals surface area contributed by atoms with Gasteiger partial charge in [0.15, 0.2) is 11.5 Å². The van der Waals surface area contributed by atoms with E-state index < -0.39 is 12.0 Å². The van der Waals surface area contributed by atoms with E-state index in [0.717, 1.165) is 26.2 Å². The first kappa shape index (κ1) is 24.4. The number of rotatable bonds is 7. The number of nitrogens with one attached hydrogen (secondary N) is 2. The molecule has 0 radical (unpaired) electrons. The Kier molecular flexibility index (Phi) is 7.45. The molecule has 0 saturated carbocycles. The highest BCUT2D eigenvalue weighted by Crippen LogP contribution is 2.34. The van der Waals surface area contributed by atoms with Crippen LogP contribution in [0, 0.1) is 6.92 Å². The topological polar surface area (TPSA) is 92.4 Å². The molecule has 2 N–H and O–H groups in total. The normalized spacial score (nSPS) is 18.6. The fourth-order valence-electron chi connectivity index (χ4n) is 4.52. The Morgan fingerprint density at radius 3 is 2.29 bits per heavy atom. The van der Waals surface area contributed by atoms with E-state index in [1.807, 2.05) is 0 Å². The molecule has 9 heteroatoms. The molecule has 2 heterocycles. The molecule has 0 bridgehead atoms. The summed E-state index contributed by atoms with van der Waals surface area (Å²) in [6.07, 6.45) is 0. The Hall–Kier alpha value is -3.72. The number of nitrogens with zero attached hydrogens (tertiary/aromatic N) is 2. The lowest BCUT2D eigenvalue weighted by atomic mass is 9.94. The molecule has 2 aliphatic rings. The van der Waals surface area contributed by atoms with Gasteiger partial charge in [-0.2, -0.15) is 0 Å². The van der Waals surface area contributed by atoms with Gasteiger partial charge in [-0.1, -0.05) is 23.8 Å². The lowest BCUT2D eigenvalue weighted by molar-refractivity contribution is -0.136. The molecule has 186 valence electrons. The van der Waals surface area contributed by atoms with E-state index in [2.05, 4.69) is 51.6 Å². The highest BCUT2D eigenvalue weighted by atomic mass is 16.5. The summed E-state index contributed by atoms with van der Waals surface area (Å²) in [5, 5.41) is 5.70. The highest BCUT2D eigenvalue weighted by molar-refractivity contribution is 5.95. The monoisotopic (exact) mass is 480 g/mol. The third kappa shape index (κ3) is 5.35. The van der Waals surface area contributed by atoms with Crippen LogP contribution in [0.5, 0.6) is 11.5 Å². The summed E-state index contributed by atoms with van der Waals surface area (Å²) < 4.78 is 15.9. The second-order valence-corrected chi connectivity index (χ2v) is 8.63. The van der Waals surface area contributed by atoms with Crippen molar-refractivity contribution in [3.8, 4) is 11.5 Å². The van der Waals surface area contributed by atoms with Gasteiger partial charge in [0.25, 0.3) is 0 Å². The van der Waals surface area contributed by atoms with E-state index in [9.17, 15) is 9.59 Å². The van der Waals surface area contributed by atoms with Crippen LogP contribution in [0.15, 0.2) is 53.7 Å². The first-order valence-electron chi connectivity index (χ1n) is 11.6. The number of aryl methyl sites for hydroxylation is 1. The SMILES string of the molecule is COC(=O)C1=C(CN2CCN(c3ccc(C)cc3)CC2)NC(=O)N[C@@H]1c1ccc(OC)c(OC)c1. The largest absolute Gasteiger partial charge is 0.493 e. The molecule has 9 nitrogen and oxygen atoms in total. The molecule has 4 rings (SSSR count). The molecule has 2 aliphatic heterocycles. The molecular formula is C26H32N4O5. The summed E-state index contributed by atoms with van der Waals surface area (Å²) in [4.78, 5) is 30.1. The Morgan fingerprint density at radius 1 is 0.971 bits per heavy atom. The Balaban J connectivity index is 1.57. The number of piperazine rings is 1. The van der Waals surface area contributed by atoms with Crippen LogP contribution in [0.4, 0.5) is 10.5 Å². The second-order valence-electron chi connectivity index (χ2n) is 8.63. The smallest absolute Gasteiger partial charge is 0.338 e. The highest BCUT2D eigenvalue weighted by Gasteiger charge is 2.35. The Bertz CT molecular complexity index is 1110. The maximum absolute atomic E-state index is 12.9. The minimum Gasteiger partial charge on any atom is -0.493 e. The van der Waals surface area contributed by atoms with E-state index in [-0.39, 0.29) is 6.03 Å². The first-order chi connectivity index (χ1) is 16.9. The van der Waals surface area contributed by atoms with Crippen LogP contribution < -0.4 is 25.0 Å². The number of esters is 1. The van der Waals surface area contributed by atoms with Crippen LogP contribution in [-0.2, 0) is 9.53 Å². The van der Waals surface area contributed by atoms with Gasteiger partial charge in [-0.25, -0.2) is 9.59 Å². The summed E-state index contributed by atoms with van der Waals surface area (Å²) in [6.45, 7) is 5.83. The van der Waals surface area contributed by atoms with Gasteiger partial charge in [-0.3, -0.25) is 4.90 Å². The number of methoxy groups -OCH3 is 3. The minimum absolute atomic E-state index is 0.370. The molecule has 1 atom stereocenters. The number of carbonyl (C=O) groups is 2. The number of benzene rings is 2. The van der Waals surface area contributed by atoms with E-state index in [0.29, 0.717) is 34.9 Å². The van der Waals surface area contributed by atoms with Crippen molar-refractivity contribution >= 4 is 17.7 Å². The molecule has 1 fully saturated rings. The minimum atomic E-state index is -0.681. The lowest BCUT2D eigenvalue weighted by Crippen LogP contribution is -2.51. The number of amides is 2. The average molecular weight is 481 g/mol. The molecular weight excluding hydrogens is 448 g/mol. The quantitative estimate of drug-likeness (QED) is 0.589. The van der Waals surface area contributed by atoms with Crippen molar-refractivity contribution in [2.75, 3.05) is 59.0 Å². The van der Waals surface area contributed by atoms with Gasteiger partial charge in [-0.15, -0.1) is 0 Å². The molecule has 0 spiro atoms. The van der Waals surface area contributed by atoms with Crippen LogP contribution in [0.1, 0.15) is 17.2 Å². The molecule has 0 unspecified atom stereocenters. The summed E-state index contributed by atoms with van der Waals surface area (Å²) >= 11 is 0. The summed E-state index contributed by atoms with van der Waals surface area (Å²) in [6, 6.07) is 12.8. The van der Waals surface area contributed by atoms with Gasteiger partial charge in [0.05, 0.1) is 32.9 Å². The number of carbonyl (C=O) groups excluding carboxylic acids is 2. The molecule has 2 amide bonds. The molecule has 2 aromatic carbocycles. The van der Waals surface area contributed by atoms with E-state index >= 15 is 0 Å². The summed E-state index contributed by atoms with van der Waals surface area (Å²) in [7, 11) is 4.44. The zero-order valence-electron chi connectivity index (χ0n) is 20.6. The Labute approximate surface area is 205 Å². The van der Waals surface area contributed by atoms with E-state index in [1.165, 1.54) is 18.4 Å². The summed E-state index contributed by atoms with van der Waals surface area (Å²) in [5.41, 5.74) is 4.05. The zero-order valence-corrected chi connectivity index (χ0v) is 20.6. The molecule has 35 heavy (non-hydrogen) atoms. The average Bonchev–Trinajstić information content (AvgIpc) is 2.88. The fraction of sp³-hybridized carbons (Fsp3) is 0.385. The predicted molar refractivity (Wildman–Crippen MR) is 133 cm³/mol. The van der Waals surface area contributed by atoms with Crippen LogP contribution in [0.25, 0.3) is 0 Å². The van der Waals surface area contributed by atoms with Crippen molar-refractivity contribution in [1.82, 2.24) is 15.5 Å². The van der Waals surface area contributed by atoms with E-state index in [1.54, 1.807) is 32.4 Å². The predicted octanol–water partition coefficient (Wildman–Crippen LogP) is 2.62. The zero-order chi connectivity index (χ0) is 24.9. The van der Waals surface area contributed by atoms with Gasteiger partial charge >= 0.3 is 12.0 Å². The van der Waals surface area contributed by atoms with Crippen molar-refractivity contribution < 1.29 is 23.8 Å². The lowest BCUT2D eigenvalue weighted by Gasteiger charge is -2.38. The van der Waals surface area contributed by atoms with Crippen molar-refractivity contribution in [2.45, 2.75) is 13.0 Å². The Morgan fingerprint density at radius 2 is 1.66 bits per heavy atom. The summed E-state index contributed by atoms with van der Waals surface area (Å²) in [5.74, 6) is 0.577. The third-order valence-corrected chi connectivity index (χ3v) is 6.45. The number of hydrogen-bond acceptors (Lipinski definition) is 7. The van der Waals surface area contributed by atoms with Gasteiger partial charge < -0.3 is 29.7 Å². The van der Waals surface area contributed by atoms with Crippen molar-refractivity contribution in [2.24, 2.45) is 0 Å². The second kappa shape index (κ2) is 10.7. The van der Waals surface area contributed by atoms with E-state index in [4.69, 9.17) is 14.2 Å². The van der Waals surface area contributed by atoms with Crippen molar-refractivity contribution in [1.29, 1.82) is 0 Å². The molecule has 0 aliphatic carbocycles. The van der Waals surface area contributed by atoms with Crippen LogP contribution in [0.2, 0.25) is 0 Å². The van der Waals surface area contributed by atoms with Gasteiger partial charge in [-0.05, 0) is 36.8 Å². The molecule has 0 aromatic heterocycles. The van der Waals surface area contributed by atoms with Crippen LogP contribution >= 0.6 is 0 Å². The van der Waals surface area contributed by atoms with Gasteiger partial charge in [0.2, 0.25) is 0 Å². The number of anilines is 1. The molecule has 1 saturated heterocycles. The van der Waals surface area contributed by atoms with Crippen LogP contribution in [0.3, 0.4) is 0 Å². The van der Waals surface area contributed by atoms with Crippen LogP contribution in [-0.4, -0.2) is 71.0 Å². The fourth-order valence-corrected chi connectivity index (χ4v) is 4.52.